The normalized spacial score (nSPS) is 10.2. The topological polar surface area (TPSA) is 74.8 Å². The average molecular weight is 222 g/mol. The van der Waals surface area contributed by atoms with Gasteiger partial charge in [0.15, 0.2) is 0 Å². The molecule has 0 atom stereocenters. The molecule has 1 heterocycles. The molecule has 2 aromatic rings. The Bertz CT molecular complexity index is 568. The number of benzene rings is 1. The summed E-state index contributed by atoms with van der Waals surface area (Å²) in [6.45, 7) is 0. The molecule has 0 spiro atoms. The zero-order valence-corrected chi connectivity index (χ0v) is 8.72. The molecule has 0 bridgehead atoms. The van der Waals surface area contributed by atoms with E-state index in [-0.39, 0.29) is 0 Å². The number of nitrogens with two attached hydrogens (primary N) is 1. The van der Waals surface area contributed by atoms with E-state index in [2.05, 4.69) is 4.98 Å². The van der Waals surface area contributed by atoms with Crippen molar-refractivity contribution < 1.29 is 4.74 Å². The van der Waals surface area contributed by atoms with Gasteiger partial charge in [-0.25, -0.2) is 0 Å². The van der Waals surface area contributed by atoms with Gasteiger partial charge in [-0.2, -0.15) is 5.26 Å². The minimum absolute atomic E-state index is 0.327. The molecule has 1 aromatic heterocycles. The van der Waals surface area contributed by atoms with Crippen molar-refractivity contribution in [2.24, 2.45) is 0 Å². The van der Waals surface area contributed by atoms with Crippen LogP contribution < -0.4 is 10.5 Å². The van der Waals surface area contributed by atoms with E-state index in [1.165, 1.54) is 7.11 Å². The summed E-state index contributed by atoms with van der Waals surface area (Å²) in [5, 5.41) is 10.1. The zero-order valence-electron chi connectivity index (χ0n) is 7.97. The Morgan fingerprint density at radius 2 is 2.27 bits per heavy atom. The van der Waals surface area contributed by atoms with E-state index in [1.54, 1.807) is 12.1 Å². The number of H-pyrrole nitrogens is 1. The Morgan fingerprint density at radius 3 is 2.87 bits per heavy atom. The van der Waals surface area contributed by atoms with E-state index >= 15 is 0 Å². The second-order valence-electron chi connectivity index (χ2n) is 3.06. The molecule has 15 heavy (non-hydrogen) atoms. The van der Waals surface area contributed by atoms with E-state index in [9.17, 15) is 0 Å². The van der Waals surface area contributed by atoms with Crippen LogP contribution in [0.1, 0.15) is 5.56 Å². The first kappa shape index (κ1) is 9.69. The van der Waals surface area contributed by atoms with Crippen LogP contribution in [0, 0.1) is 11.3 Å². The van der Waals surface area contributed by atoms with Gasteiger partial charge in [-0.05, 0) is 6.07 Å². The number of anilines is 1. The number of nitrogen functional groups attached to an aromatic ring is 1. The monoisotopic (exact) mass is 221 g/mol. The lowest BCUT2D eigenvalue weighted by atomic mass is 10.1. The second-order valence-corrected chi connectivity index (χ2v) is 3.49. The van der Waals surface area contributed by atoms with Crippen molar-refractivity contribution in [2.45, 2.75) is 0 Å². The molecule has 76 valence electrons. The fourth-order valence-electron chi connectivity index (χ4n) is 1.53. The highest BCUT2D eigenvalue weighted by Crippen LogP contribution is 2.33. The van der Waals surface area contributed by atoms with E-state index in [1.807, 2.05) is 6.07 Å². The standard InChI is InChI=1S/C10H8ClN3O/c1-15-8-3-5(11)2-6-7(4-12)10(13)14-9(6)8/h2-3,14H,13H2,1H3. The number of halogens is 1. The van der Waals surface area contributed by atoms with Crippen LogP contribution in [0.4, 0.5) is 5.82 Å². The van der Waals surface area contributed by atoms with Crippen molar-refractivity contribution in [2.75, 3.05) is 12.8 Å². The second kappa shape index (κ2) is 3.37. The fourth-order valence-corrected chi connectivity index (χ4v) is 1.74. The number of rotatable bonds is 1. The molecule has 0 saturated carbocycles. The largest absolute Gasteiger partial charge is 0.494 e. The van der Waals surface area contributed by atoms with Crippen LogP contribution in [-0.2, 0) is 0 Å². The third-order valence-electron chi connectivity index (χ3n) is 2.20. The van der Waals surface area contributed by atoms with Crippen molar-refractivity contribution in [3.8, 4) is 11.8 Å². The summed E-state index contributed by atoms with van der Waals surface area (Å²) in [6, 6.07) is 5.38. The highest BCUT2D eigenvalue weighted by molar-refractivity contribution is 6.31. The molecule has 5 heteroatoms. The smallest absolute Gasteiger partial charge is 0.144 e. The maximum atomic E-state index is 8.93. The number of aromatic amines is 1. The third kappa shape index (κ3) is 1.37. The van der Waals surface area contributed by atoms with Gasteiger partial charge in [0.05, 0.1) is 12.6 Å². The molecule has 0 aliphatic heterocycles. The van der Waals surface area contributed by atoms with Gasteiger partial charge in [0.25, 0.3) is 0 Å². The number of nitrogens with zero attached hydrogens (tertiary/aromatic N) is 1. The lowest BCUT2D eigenvalue weighted by molar-refractivity contribution is 0.419. The number of hydrogen-bond acceptors (Lipinski definition) is 3. The lowest BCUT2D eigenvalue weighted by Gasteiger charge is -2.01. The van der Waals surface area contributed by atoms with Crippen LogP contribution in [0.5, 0.6) is 5.75 Å². The van der Waals surface area contributed by atoms with Gasteiger partial charge in [-0.1, -0.05) is 11.6 Å². The van der Waals surface area contributed by atoms with Crippen LogP contribution in [-0.4, -0.2) is 12.1 Å². The fraction of sp³-hybridized carbons (Fsp3) is 0.100. The quantitative estimate of drug-likeness (QED) is 0.776. The molecule has 1 aromatic carbocycles. The van der Waals surface area contributed by atoms with E-state index in [4.69, 9.17) is 27.3 Å². The van der Waals surface area contributed by atoms with Crippen LogP contribution in [0.25, 0.3) is 10.9 Å². The maximum absolute atomic E-state index is 8.93. The lowest BCUT2D eigenvalue weighted by Crippen LogP contribution is -1.86. The van der Waals surface area contributed by atoms with Crippen molar-refractivity contribution in [3.63, 3.8) is 0 Å². The van der Waals surface area contributed by atoms with Gasteiger partial charge in [0.2, 0.25) is 0 Å². The average Bonchev–Trinajstić information content (AvgIpc) is 2.52. The summed E-state index contributed by atoms with van der Waals surface area (Å²) in [7, 11) is 1.54. The van der Waals surface area contributed by atoms with Crippen LogP contribution in [0.2, 0.25) is 5.02 Å². The maximum Gasteiger partial charge on any atom is 0.144 e. The predicted molar refractivity (Wildman–Crippen MR) is 59.0 cm³/mol. The van der Waals surface area contributed by atoms with Crippen molar-refractivity contribution in [1.82, 2.24) is 4.98 Å². The zero-order chi connectivity index (χ0) is 11.0. The summed E-state index contributed by atoms with van der Waals surface area (Å²) >= 11 is 5.90. The van der Waals surface area contributed by atoms with Crippen molar-refractivity contribution >= 4 is 28.3 Å². The van der Waals surface area contributed by atoms with E-state index in [0.717, 1.165) is 0 Å². The first-order chi connectivity index (χ1) is 7.17. The summed E-state index contributed by atoms with van der Waals surface area (Å²) in [6.07, 6.45) is 0. The minimum atomic E-state index is 0.327. The molecule has 2 rings (SSSR count). The number of hydrogen-bond donors (Lipinski definition) is 2. The first-order valence-corrected chi connectivity index (χ1v) is 4.60. The molecule has 0 radical (unpaired) electrons. The molecule has 0 aliphatic rings. The Hall–Kier alpha value is -1.86. The highest BCUT2D eigenvalue weighted by atomic mass is 35.5. The van der Waals surface area contributed by atoms with Crippen LogP contribution >= 0.6 is 11.6 Å². The van der Waals surface area contributed by atoms with Crippen LogP contribution in [0.15, 0.2) is 12.1 Å². The minimum Gasteiger partial charge on any atom is -0.494 e. The Labute approximate surface area is 91.2 Å². The molecular weight excluding hydrogens is 214 g/mol. The number of fused-ring (bicyclic) bond motifs is 1. The number of aromatic nitrogens is 1. The molecule has 0 amide bonds. The van der Waals surface area contributed by atoms with E-state index in [0.29, 0.717) is 33.1 Å². The Morgan fingerprint density at radius 1 is 1.53 bits per heavy atom. The summed E-state index contributed by atoms with van der Waals surface area (Å²) in [5.41, 5.74) is 6.75. The molecule has 0 aliphatic carbocycles. The summed E-state index contributed by atoms with van der Waals surface area (Å²) in [4.78, 5) is 2.90. The molecule has 0 saturated heterocycles. The Balaban J connectivity index is 2.91. The van der Waals surface area contributed by atoms with Crippen molar-refractivity contribution in [1.29, 1.82) is 5.26 Å². The van der Waals surface area contributed by atoms with Gasteiger partial charge in [0, 0.05) is 16.5 Å². The third-order valence-corrected chi connectivity index (χ3v) is 2.42. The van der Waals surface area contributed by atoms with E-state index < -0.39 is 0 Å². The first-order valence-electron chi connectivity index (χ1n) is 4.22. The summed E-state index contributed by atoms with van der Waals surface area (Å²) < 4.78 is 5.14. The molecule has 4 nitrogen and oxygen atoms in total. The molecule has 0 unspecified atom stereocenters. The van der Waals surface area contributed by atoms with Gasteiger partial charge >= 0.3 is 0 Å². The number of methoxy groups -OCH3 is 1. The predicted octanol–water partition coefficient (Wildman–Crippen LogP) is 2.28. The Kier molecular flexibility index (Phi) is 2.18. The molecule has 3 N–H and O–H groups in total. The summed E-state index contributed by atoms with van der Waals surface area (Å²) in [5.74, 6) is 0.902. The SMILES string of the molecule is COc1cc(Cl)cc2c(C#N)c(N)[nH]c12. The number of nitrogens with one attached hydrogen (secondary N) is 1. The van der Waals surface area contributed by atoms with Crippen LogP contribution in [0.3, 0.4) is 0 Å². The van der Waals surface area contributed by atoms with Gasteiger partial charge in [-0.15, -0.1) is 0 Å². The number of nitriles is 1. The number of ether oxygens (including phenoxy) is 1. The molecular formula is C10H8ClN3O. The molecule has 0 fully saturated rings. The van der Waals surface area contributed by atoms with Gasteiger partial charge < -0.3 is 15.5 Å². The van der Waals surface area contributed by atoms with Gasteiger partial charge in [0.1, 0.15) is 23.2 Å². The highest BCUT2D eigenvalue weighted by Gasteiger charge is 2.13. The van der Waals surface area contributed by atoms with Crippen molar-refractivity contribution in [3.05, 3.63) is 22.7 Å². The van der Waals surface area contributed by atoms with Gasteiger partial charge in [-0.3, -0.25) is 0 Å².